The van der Waals surface area contributed by atoms with Crippen molar-refractivity contribution in [2.24, 2.45) is 5.73 Å². The maximum absolute atomic E-state index is 11.8. The Labute approximate surface area is 120 Å². The first-order valence-corrected chi connectivity index (χ1v) is 7.83. The van der Waals surface area contributed by atoms with Crippen molar-refractivity contribution in [2.45, 2.75) is 44.0 Å². The van der Waals surface area contributed by atoms with Crippen LogP contribution in [0.15, 0.2) is 29.2 Å². The highest BCUT2D eigenvalue weighted by Crippen LogP contribution is 2.17. The van der Waals surface area contributed by atoms with Gasteiger partial charge in [-0.25, -0.2) is 0 Å². The lowest BCUT2D eigenvalue weighted by molar-refractivity contribution is -0.119. The van der Waals surface area contributed by atoms with Gasteiger partial charge in [-0.3, -0.25) is 4.79 Å². The van der Waals surface area contributed by atoms with Crippen LogP contribution >= 0.6 is 11.8 Å². The molecule has 0 aliphatic carbocycles. The van der Waals surface area contributed by atoms with Gasteiger partial charge in [0.1, 0.15) is 0 Å². The van der Waals surface area contributed by atoms with Gasteiger partial charge < -0.3 is 11.1 Å². The van der Waals surface area contributed by atoms with Gasteiger partial charge in [-0.1, -0.05) is 37.5 Å². The second kappa shape index (κ2) is 8.99. The van der Waals surface area contributed by atoms with Crippen molar-refractivity contribution in [3.8, 4) is 0 Å². The molecule has 1 aromatic carbocycles. The number of unbranched alkanes of at least 4 members (excludes halogenated alkanes) is 1. The van der Waals surface area contributed by atoms with E-state index in [0.717, 1.165) is 24.2 Å². The van der Waals surface area contributed by atoms with E-state index in [9.17, 15) is 4.79 Å². The van der Waals surface area contributed by atoms with Crippen molar-refractivity contribution in [3.05, 3.63) is 29.8 Å². The molecule has 0 spiro atoms. The molecule has 1 amide bonds. The second-order valence-corrected chi connectivity index (χ2v) is 5.79. The zero-order valence-corrected chi connectivity index (χ0v) is 12.6. The number of carbonyl (C=O) groups excluding carboxylic acids is 1. The van der Waals surface area contributed by atoms with Crippen molar-refractivity contribution in [1.82, 2.24) is 5.32 Å². The largest absolute Gasteiger partial charge is 0.351 e. The summed E-state index contributed by atoms with van der Waals surface area (Å²) in [6, 6.07) is 8.33. The number of thioether (sulfide) groups is 1. The molecule has 0 aliphatic heterocycles. The van der Waals surface area contributed by atoms with E-state index in [1.54, 1.807) is 11.8 Å². The van der Waals surface area contributed by atoms with Gasteiger partial charge in [-0.15, -0.1) is 11.8 Å². The summed E-state index contributed by atoms with van der Waals surface area (Å²) in [6.07, 6.45) is 3.20. The van der Waals surface area contributed by atoms with Gasteiger partial charge in [-0.2, -0.15) is 0 Å². The van der Waals surface area contributed by atoms with Gasteiger partial charge >= 0.3 is 0 Å². The third-order valence-electron chi connectivity index (χ3n) is 2.95. The van der Waals surface area contributed by atoms with Crippen molar-refractivity contribution < 1.29 is 4.79 Å². The average Bonchev–Trinajstić information content (AvgIpc) is 2.42. The van der Waals surface area contributed by atoms with Gasteiger partial charge in [0.2, 0.25) is 5.91 Å². The fourth-order valence-electron chi connectivity index (χ4n) is 1.75. The fourth-order valence-corrected chi connectivity index (χ4v) is 2.46. The Bertz CT molecular complexity index is 378. The lowest BCUT2D eigenvalue weighted by Gasteiger charge is -2.16. The van der Waals surface area contributed by atoms with Gasteiger partial charge in [0.05, 0.1) is 5.75 Å². The Hall–Kier alpha value is -1.00. The van der Waals surface area contributed by atoms with Crippen molar-refractivity contribution in [2.75, 3.05) is 12.3 Å². The molecule has 0 radical (unpaired) electrons. The highest BCUT2D eigenvalue weighted by molar-refractivity contribution is 8.00. The highest BCUT2D eigenvalue weighted by atomic mass is 32.2. The quantitative estimate of drug-likeness (QED) is 0.720. The Balaban J connectivity index is 2.32. The summed E-state index contributed by atoms with van der Waals surface area (Å²) >= 11 is 1.56. The SMILES string of the molecule is CCCCC(CN)NC(=O)CSc1ccc(C)cc1. The summed E-state index contributed by atoms with van der Waals surface area (Å²) in [5.74, 6) is 0.517. The van der Waals surface area contributed by atoms with Crippen molar-refractivity contribution >= 4 is 17.7 Å². The van der Waals surface area contributed by atoms with E-state index >= 15 is 0 Å². The second-order valence-electron chi connectivity index (χ2n) is 4.74. The van der Waals surface area contributed by atoms with Gasteiger partial charge in [0, 0.05) is 17.5 Å². The van der Waals surface area contributed by atoms with Crippen LogP contribution in [-0.4, -0.2) is 24.2 Å². The van der Waals surface area contributed by atoms with Gasteiger partial charge in [0.25, 0.3) is 0 Å². The molecule has 1 atom stereocenters. The number of rotatable bonds is 8. The van der Waals surface area contributed by atoms with Crippen LogP contribution in [0.4, 0.5) is 0 Å². The number of carbonyl (C=O) groups is 1. The third kappa shape index (κ3) is 6.64. The summed E-state index contributed by atoms with van der Waals surface area (Å²) in [5.41, 5.74) is 6.90. The highest BCUT2D eigenvalue weighted by Gasteiger charge is 2.10. The molecule has 3 nitrogen and oxygen atoms in total. The van der Waals surface area contributed by atoms with E-state index in [-0.39, 0.29) is 11.9 Å². The van der Waals surface area contributed by atoms with Crippen LogP contribution in [0.1, 0.15) is 31.7 Å². The van der Waals surface area contributed by atoms with Crippen LogP contribution in [0, 0.1) is 6.92 Å². The molecule has 1 rings (SSSR count). The Kier molecular flexibility index (Phi) is 7.60. The summed E-state index contributed by atoms with van der Waals surface area (Å²) < 4.78 is 0. The number of nitrogens with two attached hydrogens (primary N) is 1. The molecule has 0 bridgehead atoms. The normalized spacial score (nSPS) is 12.2. The molecule has 0 heterocycles. The minimum atomic E-state index is 0.0668. The first kappa shape index (κ1) is 16.1. The zero-order valence-electron chi connectivity index (χ0n) is 11.8. The van der Waals surface area contributed by atoms with Crippen LogP contribution in [0.25, 0.3) is 0 Å². The Morgan fingerprint density at radius 2 is 2.05 bits per heavy atom. The minimum Gasteiger partial charge on any atom is -0.351 e. The van der Waals surface area contributed by atoms with Gasteiger partial charge in [0.15, 0.2) is 0 Å². The Morgan fingerprint density at radius 3 is 2.63 bits per heavy atom. The van der Waals surface area contributed by atoms with Crippen LogP contribution < -0.4 is 11.1 Å². The maximum atomic E-state index is 11.8. The molecular weight excluding hydrogens is 256 g/mol. The number of benzene rings is 1. The predicted molar refractivity (Wildman–Crippen MR) is 82.4 cm³/mol. The minimum absolute atomic E-state index is 0.0668. The van der Waals surface area contributed by atoms with Gasteiger partial charge in [-0.05, 0) is 25.5 Å². The zero-order chi connectivity index (χ0) is 14.1. The van der Waals surface area contributed by atoms with E-state index in [4.69, 9.17) is 5.73 Å². The molecule has 1 aromatic rings. The predicted octanol–water partition coefficient (Wildman–Crippen LogP) is 2.72. The van der Waals surface area contributed by atoms with E-state index < -0.39 is 0 Å². The number of hydrogen-bond donors (Lipinski definition) is 2. The van der Waals surface area contributed by atoms with Crippen LogP contribution in [0.2, 0.25) is 0 Å². The third-order valence-corrected chi connectivity index (χ3v) is 3.96. The standard InChI is InChI=1S/C15H24N2OS/c1-3-4-5-13(10-16)17-15(18)11-19-14-8-6-12(2)7-9-14/h6-9,13H,3-5,10-11,16H2,1-2H3,(H,17,18). The maximum Gasteiger partial charge on any atom is 0.230 e. The van der Waals surface area contributed by atoms with Crippen molar-refractivity contribution in [1.29, 1.82) is 0 Å². The number of hydrogen-bond acceptors (Lipinski definition) is 3. The van der Waals surface area contributed by atoms with Crippen LogP contribution in [0.5, 0.6) is 0 Å². The molecular formula is C15H24N2OS. The van der Waals surface area contributed by atoms with E-state index in [0.29, 0.717) is 12.3 Å². The molecule has 0 aromatic heterocycles. The number of nitrogens with one attached hydrogen (secondary N) is 1. The molecule has 0 fully saturated rings. The van der Waals surface area contributed by atoms with Crippen LogP contribution in [0.3, 0.4) is 0 Å². The molecule has 1 unspecified atom stereocenters. The first-order valence-electron chi connectivity index (χ1n) is 6.84. The monoisotopic (exact) mass is 280 g/mol. The topological polar surface area (TPSA) is 55.1 Å². The first-order chi connectivity index (χ1) is 9.15. The lowest BCUT2D eigenvalue weighted by atomic mass is 10.1. The van der Waals surface area contributed by atoms with E-state index in [2.05, 4.69) is 31.3 Å². The summed E-state index contributed by atoms with van der Waals surface area (Å²) in [6.45, 7) is 4.71. The van der Waals surface area contributed by atoms with Crippen molar-refractivity contribution in [3.63, 3.8) is 0 Å². The summed E-state index contributed by atoms with van der Waals surface area (Å²) in [4.78, 5) is 13.0. The molecule has 19 heavy (non-hydrogen) atoms. The Morgan fingerprint density at radius 1 is 1.37 bits per heavy atom. The fraction of sp³-hybridized carbons (Fsp3) is 0.533. The number of amides is 1. The van der Waals surface area contributed by atoms with E-state index in [1.165, 1.54) is 5.56 Å². The van der Waals surface area contributed by atoms with Crippen LogP contribution in [-0.2, 0) is 4.79 Å². The molecule has 3 N–H and O–H groups in total. The summed E-state index contributed by atoms with van der Waals surface area (Å²) in [7, 11) is 0. The van der Waals surface area contributed by atoms with E-state index in [1.807, 2.05) is 12.1 Å². The molecule has 4 heteroatoms. The number of aryl methyl sites for hydroxylation is 1. The molecule has 0 saturated carbocycles. The average molecular weight is 280 g/mol. The molecule has 0 saturated heterocycles. The lowest BCUT2D eigenvalue weighted by Crippen LogP contribution is -2.41. The molecule has 0 aliphatic rings. The summed E-state index contributed by atoms with van der Waals surface area (Å²) in [5, 5.41) is 3.00. The smallest absolute Gasteiger partial charge is 0.230 e. The molecule has 106 valence electrons.